The van der Waals surface area contributed by atoms with Gasteiger partial charge in [-0.3, -0.25) is 9.89 Å². The normalized spacial score (nSPS) is 12.4. The van der Waals surface area contributed by atoms with Crippen LogP contribution in [0.15, 0.2) is 5.16 Å². The van der Waals surface area contributed by atoms with Crippen molar-refractivity contribution in [3.63, 3.8) is 0 Å². The third-order valence-electron chi connectivity index (χ3n) is 2.16. The van der Waals surface area contributed by atoms with Crippen LogP contribution in [-0.4, -0.2) is 56.6 Å². The van der Waals surface area contributed by atoms with E-state index in [9.17, 15) is 4.79 Å². The van der Waals surface area contributed by atoms with Crippen molar-refractivity contribution in [3.8, 4) is 0 Å². The molecule has 0 spiro atoms. The van der Waals surface area contributed by atoms with Crippen molar-refractivity contribution in [1.82, 2.24) is 20.5 Å². The monoisotopic (exact) mass is 290 g/mol. The summed E-state index contributed by atoms with van der Waals surface area (Å²) in [5, 5.41) is 19.1. The fourth-order valence-electron chi connectivity index (χ4n) is 1.26. The molecule has 1 heterocycles. The van der Waals surface area contributed by atoms with Gasteiger partial charge in [0, 0.05) is 0 Å². The maximum Gasteiger partial charge on any atom is 0.230 e. The molecule has 1 atom stereocenters. The van der Waals surface area contributed by atoms with Gasteiger partial charge in [-0.05, 0) is 25.4 Å². The average Bonchev–Trinajstić information content (AvgIpc) is 2.78. The lowest BCUT2D eigenvalue weighted by atomic mass is 10.2. The van der Waals surface area contributed by atoms with Crippen molar-refractivity contribution in [2.24, 2.45) is 0 Å². The van der Waals surface area contributed by atoms with Gasteiger partial charge in [-0.25, -0.2) is 4.98 Å². The van der Waals surface area contributed by atoms with Gasteiger partial charge in [-0.15, -0.1) is 5.10 Å². The molecule has 1 aromatic rings. The number of carbonyl (C=O) groups excluding carboxylic acids is 1. The number of aromatic amines is 1. The highest BCUT2D eigenvalue weighted by molar-refractivity contribution is 7.99. The maximum atomic E-state index is 11.6. The van der Waals surface area contributed by atoms with Gasteiger partial charge in [0.05, 0.1) is 18.4 Å². The fourth-order valence-corrected chi connectivity index (χ4v) is 2.43. The minimum Gasteiger partial charge on any atom is -0.394 e. The van der Waals surface area contributed by atoms with Crippen molar-refractivity contribution in [1.29, 1.82) is 0 Å². The molecule has 8 heteroatoms. The molecular formula is C10H18N4O2S2. The Morgan fingerprint density at radius 1 is 1.61 bits per heavy atom. The molecule has 1 rings (SSSR count). The number of carbonyl (C=O) groups is 1. The van der Waals surface area contributed by atoms with Crippen LogP contribution < -0.4 is 5.32 Å². The van der Waals surface area contributed by atoms with E-state index in [1.54, 1.807) is 18.7 Å². The predicted molar refractivity (Wildman–Crippen MR) is 73.9 cm³/mol. The van der Waals surface area contributed by atoms with E-state index in [2.05, 4.69) is 20.5 Å². The van der Waals surface area contributed by atoms with Crippen LogP contribution in [-0.2, 0) is 4.79 Å². The Balaban J connectivity index is 2.27. The van der Waals surface area contributed by atoms with Gasteiger partial charge in [-0.1, -0.05) is 11.8 Å². The van der Waals surface area contributed by atoms with Gasteiger partial charge >= 0.3 is 0 Å². The van der Waals surface area contributed by atoms with E-state index in [0.29, 0.717) is 5.16 Å². The van der Waals surface area contributed by atoms with Crippen LogP contribution in [0.2, 0.25) is 0 Å². The number of amides is 1. The molecule has 1 aromatic heterocycles. The zero-order valence-corrected chi connectivity index (χ0v) is 12.1. The van der Waals surface area contributed by atoms with Gasteiger partial charge < -0.3 is 10.4 Å². The molecule has 0 radical (unpaired) electrons. The van der Waals surface area contributed by atoms with Gasteiger partial charge in [0.1, 0.15) is 5.82 Å². The van der Waals surface area contributed by atoms with Gasteiger partial charge in [-0.2, -0.15) is 11.8 Å². The summed E-state index contributed by atoms with van der Waals surface area (Å²) in [4.78, 5) is 15.7. The number of hydrogen-bond donors (Lipinski definition) is 3. The molecule has 3 N–H and O–H groups in total. The minimum atomic E-state index is -0.167. The number of hydrogen-bond acceptors (Lipinski definition) is 6. The van der Waals surface area contributed by atoms with Crippen LogP contribution in [0.25, 0.3) is 0 Å². The number of aliphatic hydroxyl groups excluding tert-OH is 1. The highest BCUT2D eigenvalue weighted by Gasteiger charge is 2.12. The standard InChI is InChI=1S/C10H18N4O2S2/c1-7-11-10(14-13-7)18-6-9(16)12-8(5-15)3-4-17-2/h8,15H,3-6H2,1-2H3,(H,12,16)(H,11,13,14)/t8-/m0/s1. The van der Waals surface area contributed by atoms with Crippen molar-refractivity contribution < 1.29 is 9.90 Å². The molecule has 0 unspecified atom stereocenters. The Labute approximate surface area is 115 Å². The maximum absolute atomic E-state index is 11.6. The van der Waals surface area contributed by atoms with Crippen LogP contribution in [0.4, 0.5) is 0 Å². The molecular weight excluding hydrogens is 272 g/mol. The van der Waals surface area contributed by atoms with Gasteiger partial charge in [0.15, 0.2) is 0 Å². The first-order valence-corrected chi connectivity index (χ1v) is 7.94. The molecule has 18 heavy (non-hydrogen) atoms. The summed E-state index contributed by atoms with van der Waals surface area (Å²) in [7, 11) is 0. The molecule has 0 bridgehead atoms. The highest BCUT2D eigenvalue weighted by Crippen LogP contribution is 2.11. The van der Waals surface area contributed by atoms with Crippen molar-refractivity contribution >= 4 is 29.4 Å². The highest BCUT2D eigenvalue weighted by atomic mass is 32.2. The second kappa shape index (κ2) is 8.39. The number of nitrogens with one attached hydrogen (secondary N) is 2. The van der Waals surface area contributed by atoms with E-state index in [0.717, 1.165) is 18.0 Å². The molecule has 0 fully saturated rings. The molecule has 6 nitrogen and oxygen atoms in total. The number of aromatic nitrogens is 3. The lowest BCUT2D eigenvalue weighted by Gasteiger charge is -2.15. The number of nitrogens with zero attached hydrogens (tertiary/aromatic N) is 2. The first-order chi connectivity index (χ1) is 8.65. The number of H-pyrrole nitrogens is 1. The number of aryl methyl sites for hydroxylation is 1. The van der Waals surface area contributed by atoms with Crippen LogP contribution in [0.3, 0.4) is 0 Å². The molecule has 0 saturated carbocycles. The third kappa shape index (κ3) is 5.74. The van der Waals surface area contributed by atoms with E-state index >= 15 is 0 Å². The van der Waals surface area contributed by atoms with E-state index < -0.39 is 0 Å². The number of thioether (sulfide) groups is 2. The van der Waals surface area contributed by atoms with Crippen molar-refractivity contribution in [2.75, 3.05) is 24.4 Å². The van der Waals surface area contributed by atoms with Crippen molar-refractivity contribution in [3.05, 3.63) is 5.82 Å². The summed E-state index contributed by atoms with van der Waals surface area (Å²) in [5.74, 6) is 1.79. The predicted octanol–water partition coefficient (Wildman–Crippen LogP) is 0.435. The van der Waals surface area contributed by atoms with Crippen LogP contribution in [0, 0.1) is 6.92 Å². The van der Waals surface area contributed by atoms with E-state index in [1.165, 1.54) is 11.8 Å². The number of aliphatic hydroxyl groups is 1. The van der Waals surface area contributed by atoms with Gasteiger partial charge in [0.2, 0.25) is 11.1 Å². The van der Waals surface area contributed by atoms with E-state index in [4.69, 9.17) is 5.11 Å². The zero-order valence-electron chi connectivity index (χ0n) is 10.5. The molecule has 0 aliphatic rings. The SMILES string of the molecule is CSCC[C@@H](CO)NC(=O)CSc1n[nH]c(C)n1. The largest absolute Gasteiger partial charge is 0.394 e. The Morgan fingerprint density at radius 3 is 2.94 bits per heavy atom. The minimum absolute atomic E-state index is 0.0310. The molecule has 1 amide bonds. The Morgan fingerprint density at radius 2 is 2.39 bits per heavy atom. The lowest BCUT2D eigenvalue weighted by Crippen LogP contribution is -2.38. The summed E-state index contributed by atoms with van der Waals surface area (Å²) >= 11 is 2.97. The second-order valence-corrected chi connectivity index (χ2v) is 5.65. The summed E-state index contributed by atoms with van der Waals surface area (Å²) in [6.45, 7) is 1.78. The second-order valence-electron chi connectivity index (χ2n) is 3.72. The smallest absolute Gasteiger partial charge is 0.230 e. The topological polar surface area (TPSA) is 90.9 Å². The van der Waals surface area contributed by atoms with Crippen LogP contribution in [0.1, 0.15) is 12.2 Å². The number of rotatable bonds is 8. The van der Waals surface area contributed by atoms with E-state index in [-0.39, 0.29) is 24.3 Å². The van der Waals surface area contributed by atoms with Crippen LogP contribution in [0.5, 0.6) is 0 Å². The molecule has 0 aliphatic heterocycles. The third-order valence-corrected chi connectivity index (χ3v) is 3.66. The summed E-state index contributed by atoms with van der Waals surface area (Å²) in [5.41, 5.74) is 0. The van der Waals surface area contributed by atoms with Crippen LogP contribution >= 0.6 is 23.5 Å². The summed E-state index contributed by atoms with van der Waals surface area (Å²) in [6, 6.07) is -0.167. The summed E-state index contributed by atoms with van der Waals surface area (Å²) in [6.07, 6.45) is 2.77. The Kier molecular flexibility index (Phi) is 7.14. The first kappa shape index (κ1) is 15.3. The molecule has 0 aromatic carbocycles. The fraction of sp³-hybridized carbons (Fsp3) is 0.700. The van der Waals surface area contributed by atoms with Crippen molar-refractivity contribution in [2.45, 2.75) is 24.5 Å². The average molecular weight is 290 g/mol. The molecule has 0 aliphatic carbocycles. The van der Waals surface area contributed by atoms with E-state index in [1.807, 2.05) is 6.26 Å². The Bertz CT molecular complexity index is 373. The quantitative estimate of drug-likeness (QED) is 0.602. The lowest BCUT2D eigenvalue weighted by molar-refractivity contribution is -0.119. The summed E-state index contributed by atoms with van der Waals surface area (Å²) < 4.78 is 0. The zero-order chi connectivity index (χ0) is 13.4. The Hall–Kier alpha value is -0.730. The van der Waals surface area contributed by atoms with Gasteiger partial charge in [0.25, 0.3) is 0 Å². The molecule has 0 saturated heterocycles. The first-order valence-electron chi connectivity index (χ1n) is 5.56. The molecule has 102 valence electrons.